The number of phosphoric acid groups is 2. The summed E-state index contributed by atoms with van der Waals surface area (Å²) >= 11 is 0. The summed E-state index contributed by atoms with van der Waals surface area (Å²) in [6.07, 6.45) is 6.43. The highest BCUT2D eigenvalue weighted by molar-refractivity contribution is 7.48. The summed E-state index contributed by atoms with van der Waals surface area (Å²) in [5.41, 5.74) is 18.4. The third-order valence-corrected chi connectivity index (χ3v) is 21.2. The van der Waals surface area contributed by atoms with E-state index in [0.717, 1.165) is 152 Å². The van der Waals surface area contributed by atoms with E-state index < -0.39 is 15.6 Å². The van der Waals surface area contributed by atoms with E-state index in [2.05, 4.69) is 58.9 Å². The third-order valence-electron chi connectivity index (χ3n) is 19.6. The predicted molar refractivity (Wildman–Crippen MR) is 395 cm³/mol. The minimum absolute atomic E-state index is 0.00354. The van der Waals surface area contributed by atoms with Crippen LogP contribution in [-0.4, -0.2) is 45.9 Å². The number of nitrogens with two attached hydrogens (primary N) is 1. The first kappa shape index (κ1) is 62.2. The molecule has 5 atom stereocenters. The highest BCUT2D eigenvalue weighted by atomic mass is 31.2. The number of fused-ring (bicyclic) bond motifs is 18. The van der Waals surface area contributed by atoms with E-state index in [0.29, 0.717) is 35.0 Å². The SMILES string of the molecule is C=C[C@H]1CN2CC[C@H]1C[C@H]2[C@@H](N)c1ccnc2ccc(OC)cc12.O=P1(O)Oc2c(-c3ccccc3)cc3ccccc3c2-c2c(c(-c3ccccc3)cc3ccccc23)O1.O=P1(O)Oc2c(-c3ccccc3)cc3ccccc3c2-c2c(c(-c3ccccc3)cc3ccccc23)O1. The number of ether oxygens (including phenoxy) is 1. The Balaban J connectivity index is 0.000000118. The quantitative estimate of drug-likeness (QED) is 0.0976. The first-order chi connectivity index (χ1) is 47.9. The summed E-state index contributed by atoms with van der Waals surface area (Å²) < 4.78 is 56.2. The van der Waals surface area contributed by atoms with Gasteiger partial charge in [-0.2, -0.15) is 0 Å². The lowest BCUT2D eigenvalue weighted by Crippen LogP contribution is -2.56. The Hall–Kier alpha value is -10.7. The molecule has 12 nitrogen and oxygen atoms in total. The van der Waals surface area contributed by atoms with Gasteiger partial charge in [-0.1, -0.05) is 224 Å². The minimum atomic E-state index is -4.55. The summed E-state index contributed by atoms with van der Waals surface area (Å²) in [5, 5.41) is 8.76. The van der Waals surface area contributed by atoms with Gasteiger partial charge in [0.2, 0.25) is 0 Å². The second kappa shape index (κ2) is 25.7. The lowest BCUT2D eigenvalue weighted by Gasteiger charge is -2.51. The summed E-state index contributed by atoms with van der Waals surface area (Å²) in [6, 6.07) is 87.8. The van der Waals surface area contributed by atoms with Crippen molar-refractivity contribution in [3.8, 4) is 95.5 Å². The first-order valence-electron chi connectivity index (χ1n) is 32.8. The van der Waals surface area contributed by atoms with E-state index in [1.165, 1.54) is 12.0 Å². The second-order valence-corrected chi connectivity index (χ2v) is 27.8. The van der Waals surface area contributed by atoms with Gasteiger partial charge in [0.15, 0.2) is 0 Å². The molecule has 3 saturated heterocycles. The standard InChI is InChI=1S/2C32H21O4P.C20H25N3O/c2*33-37(34)35-31-27(21-11-3-1-4-12-21)19-23-15-7-9-17-25(23)29(31)30-26-18-10-8-16-24(26)20-28(32(30)36-37)22-13-5-2-6-14-22;1-3-13-12-23-9-7-14(13)10-19(23)20(21)16-6-8-22-18-5-4-15(24-2)11-17(16)18/h2*1-20H,(H,33,34);3-6,8,11,13-14,19-20H,1,7,9-10,12,21H2,2H3/t;;13-,14-,19-,20-/m..0/s1. The lowest BCUT2D eigenvalue weighted by molar-refractivity contribution is 0.00749. The van der Waals surface area contributed by atoms with E-state index >= 15 is 0 Å². The highest BCUT2D eigenvalue weighted by Crippen LogP contribution is 2.64. The summed E-state index contributed by atoms with van der Waals surface area (Å²) in [5.74, 6) is 3.55. The molecule has 0 radical (unpaired) electrons. The minimum Gasteiger partial charge on any atom is -0.497 e. The predicted octanol–water partition coefficient (Wildman–Crippen LogP) is 20.9. The van der Waals surface area contributed by atoms with Crippen molar-refractivity contribution < 1.29 is 41.7 Å². The van der Waals surface area contributed by atoms with E-state index in [1.807, 2.05) is 237 Å². The Morgan fingerprint density at radius 1 is 0.490 bits per heavy atom. The van der Waals surface area contributed by atoms with Crippen LogP contribution in [0.3, 0.4) is 0 Å². The van der Waals surface area contributed by atoms with Crippen molar-refractivity contribution in [2.45, 2.75) is 24.9 Å². The van der Waals surface area contributed by atoms with Gasteiger partial charge in [0.05, 0.1) is 12.6 Å². The molecule has 0 saturated carbocycles. The molecular weight excluding hydrogens is 1260 g/mol. The molecule has 19 rings (SSSR count). The molecule has 0 amide bonds. The van der Waals surface area contributed by atoms with Crippen LogP contribution in [0.15, 0.2) is 286 Å². The number of phosphoric ester groups is 2. The smallest absolute Gasteiger partial charge is 0.497 e. The molecule has 14 aromatic rings. The summed E-state index contributed by atoms with van der Waals surface area (Å²) in [4.78, 5) is 29.1. The van der Waals surface area contributed by atoms with Crippen molar-refractivity contribution in [1.82, 2.24) is 9.88 Å². The van der Waals surface area contributed by atoms with E-state index in [-0.39, 0.29) is 6.04 Å². The number of hydrogen-bond donors (Lipinski definition) is 3. The molecule has 482 valence electrons. The van der Waals surface area contributed by atoms with Crippen LogP contribution < -0.4 is 28.6 Å². The van der Waals surface area contributed by atoms with Crippen molar-refractivity contribution >= 4 is 69.6 Å². The van der Waals surface area contributed by atoms with Crippen LogP contribution in [0, 0.1) is 11.8 Å². The summed E-state index contributed by atoms with van der Waals surface area (Å²) in [7, 11) is -7.40. The van der Waals surface area contributed by atoms with E-state index in [9.17, 15) is 18.9 Å². The number of piperidine rings is 3. The number of nitrogens with zero attached hydrogens (tertiary/aromatic N) is 2. The largest absolute Gasteiger partial charge is 0.584 e. The van der Waals surface area contributed by atoms with Crippen LogP contribution in [0.5, 0.6) is 28.7 Å². The molecule has 1 aromatic heterocycles. The zero-order valence-electron chi connectivity index (χ0n) is 53.5. The maximum absolute atomic E-state index is 13.5. The molecule has 5 aliphatic rings. The topological polar surface area (TPSA) is 163 Å². The number of rotatable bonds is 8. The monoisotopic (exact) mass is 1320 g/mol. The number of methoxy groups -OCH3 is 1. The van der Waals surface area contributed by atoms with Gasteiger partial charge >= 0.3 is 15.6 Å². The average molecular weight is 1320 g/mol. The fourth-order valence-electron chi connectivity index (χ4n) is 15.0. The van der Waals surface area contributed by atoms with Crippen LogP contribution in [0.1, 0.15) is 24.4 Å². The van der Waals surface area contributed by atoms with Crippen LogP contribution in [0.2, 0.25) is 0 Å². The van der Waals surface area contributed by atoms with Crippen molar-refractivity contribution in [2.24, 2.45) is 17.6 Å². The molecule has 6 heterocycles. The molecule has 1 unspecified atom stereocenters. The molecular formula is C84H67N3O9P2. The number of benzene rings is 13. The van der Waals surface area contributed by atoms with Crippen molar-refractivity contribution in [2.75, 3.05) is 20.2 Å². The van der Waals surface area contributed by atoms with Gasteiger partial charge in [0.1, 0.15) is 28.7 Å². The lowest BCUT2D eigenvalue weighted by atomic mass is 9.73. The summed E-state index contributed by atoms with van der Waals surface area (Å²) in [6.45, 7) is 6.26. The molecule has 0 aliphatic carbocycles. The highest BCUT2D eigenvalue weighted by Gasteiger charge is 2.43. The average Bonchev–Trinajstić information content (AvgIpc) is 1.62. The maximum atomic E-state index is 13.5. The van der Waals surface area contributed by atoms with Gasteiger partial charge in [-0.3, -0.25) is 19.7 Å². The normalized spacial score (nSPS) is 17.8. The third kappa shape index (κ3) is 11.5. The fraction of sp³-hybridized carbons (Fsp3) is 0.107. The van der Waals surface area contributed by atoms with E-state index in [4.69, 9.17) is 28.6 Å². The Bertz CT molecular complexity index is 4980. The Morgan fingerprint density at radius 3 is 1.18 bits per heavy atom. The van der Waals surface area contributed by atoms with E-state index in [1.54, 1.807) is 7.11 Å². The number of pyridine rings is 1. The van der Waals surface area contributed by atoms with Crippen LogP contribution in [0.25, 0.3) is 121 Å². The molecule has 13 aromatic carbocycles. The van der Waals surface area contributed by atoms with Gasteiger partial charge in [0, 0.05) is 74.7 Å². The van der Waals surface area contributed by atoms with Crippen molar-refractivity contribution in [3.63, 3.8) is 0 Å². The Labute approximate surface area is 567 Å². The molecule has 14 heteroatoms. The number of hydrogen-bond acceptors (Lipinski definition) is 10. The second-order valence-electron chi connectivity index (χ2n) is 25.2. The Kier molecular flexibility index (Phi) is 16.3. The molecule has 0 spiro atoms. The van der Waals surface area contributed by atoms with Crippen LogP contribution in [-0.2, 0) is 9.13 Å². The molecule has 4 N–H and O–H groups in total. The number of aromatic nitrogens is 1. The van der Waals surface area contributed by atoms with Crippen LogP contribution in [0.4, 0.5) is 0 Å². The molecule has 98 heavy (non-hydrogen) atoms. The van der Waals surface area contributed by atoms with Crippen molar-refractivity contribution in [1.29, 1.82) is 0 Å². The van der Waals surface area contributed by atoms with Gasteiger partial charge < -0.3 is 28.6 Å². The Morgan fingerprint density at radius 2 is 0.847 bits per heavy atom. The van der Waals surface area contributed by atoms with Gasteiger partial charge in [-0.25, -0.2) is 9.13 Å². The molecule has 2 bridgehead atoms. The first-order valence-corrected chi connectivity index (χ1v) is 35.8. The molecule has 5 aliphatic heterocycles. The van der Waals surface area contributed by atoms with Gasteiger partial charge in [-0.05, 0) is 151 Å². The zero-order valence-corrected chi connectivity index (χ0v) is 55.3. The van der Waals surface area contributed by atoms with Crippen molar-refractivity contribution in [3.05, 3.63) is 291 Å². The zero-order chi connectivity index (χ0) is 66.7. The van der Waals surface area contributed by atoms with Crippen LogP contribution >= 0.6 is 15.6 Å². The maximum Gasteiger partial charge on any atom is 0.584 e. The fourth-order valence-corrected chi connectivity index (χ4v) is 16.8. The van der Waals surface area contributed by atoms with Gasteiger partial charge in [0.25, 0.3) is 0 Å². The van der Waals surface area contributed by atoms with Gasteiger partial charge in [-0.15, -0.1) is 6.58 Å². The molecule has 3 fully saturated rings.